The number of piperidine rings is 1. The van der Waals surface area contributed by atoms with Crippen molar-refractivity contribution in [2.45, 2.75) is 58.5 Å². The first-order valence-electron chi connectivity index (χ1n) is 12.7. The number of nitrogens with zero attached hydrogens (tertiary/aromatic N) is 1. The highest BCUT2D eigenvalue weighted by molar-refractivity contribution is 5.94. The Hall–Kier alpha value is -2.70. The van der Waals surface area contributed by atoms with Crippen LogP contribution >= 0.6 is 0 Å². The third-order valence-electron chi connectivity index (χ3n) is 7.02. The fourth-order valence-electron chi connectivity index (χ4n) is 4.67. The molecule has 6 nitrogen and oxygen atoms in total. The van der Waals surface area contributed by atoms with E-state index in [9.17, 15) is 14.7 Å². The van der Waals surface area contributed by atoms with Crippen molar-refractivity contribution in [3.8, 4) is 5.75 Å². The molecule has 1 amide bonds. The number of Topliss-reactive ketones (excluding diaryl/α,β-unsaturated/α-hetero) is 1. The van der Waals surface area contributed by atoms with E-state index < -0.39 is 6.10 Å². The molecule has 1 unspecified atom stereocenters. The van der Waals surface area contributed by atoms with Crippen molar-refractivity contribution in [1.82, 2.24) is 10.2 Å². The first kappa shape index (κ1) is 26.9. The Bertz CT molecular complexity index is 996. The van der Waals surface area contributed by atoms with E-state index in [2.05, 4.69) is 22.3 Å². The largest absolute Gasteiger partial charge is 0.496 e. The number of likely N-dealkylation sites (tertiary alicyclic amines) is 1. The summed E-state index contributed by atoms with van der Waals surface area (Å²) in [6.07, 6.45) is 2.44. The van der Waals surface area contributed by atoms with Crippen LogP contribution in [0.3, 0.4) is 0 Å². The molecule has 6 heteroatoms. The molecule has 2 N–H and O–H groups in total. The maximum atomic E-state index is 12.6. The molecule has 1 saturated heterocycles. The van der Waals surface area contributed by atoms with E-state index in [1.165, 1.54) is 5.56 Å². The van der Waals surface area contributed by atoms with Crippen molar-refractivity contribution in [3.63, 3.8) is 0 Å². The van der Waals surface area contributed by atoms with Crippen molar-refractivity contribution in [2.75, 3.05) is 33.3 Å². The molecule has 1 aliphatic heterocycles. The van der Waals surface area contributed by atoms with Crippen LogP contribution in [0.4, 0.5) is 0 Å². The molecule has 2 aromatic rings. The lowest BCUT2D eigenvalue weighted by molar-refractivity contribution is -0.121. The second-order valence-electron chi connectivity index (χ2n) is 9.95. The number of carbonyl (C=O) groups is 2. The number of para-hydroxylation sites is 1. The predicted molar refractivity (Wildman–Crippen MR) is 139 cm³/mol. The van der Waals surface area contributed by atoms with E-state index in [0.29, 0.717) is 37.4 Å². The second kappa shape index (κ2) is 12.8. The SMILES string of the molecule is COc1ccccc1C1CCN(CC(O)CCNC(=O)c2ccc(C)c(CC(=O)C(C)C)c2)CC1. The first-order chi connectivity index (χ1) is 16.8. The Morgan fingerprint density at radius 2 is 1.86 bits per heavy atom. The van der Waals surface area contributed by atoms with Gasteiger partial charge in [-0.2, -0.15) is 0 Å². The third kappa shape index (κ3) is 7.64. The molecule has 2 aromatic carbocycles. The monoisotopic (exact) mass is 480 g/mol. The van der Waals surface area contributed by atoms with Gasteiger partial charge in [-0.05, 0) is 80.1 Å². The Morgan fingerprint density at radius 3 is 2.54 bits per heavy atom. The van der Waals surface area contributed by atoms with Gasteiger partial charge in [0, 0.05) is 31.0 Å². The molecule has 0 spiro atoms. The molecule has 0 radical (unpaired) electrons. The standard InChI is InChI=1S/C29H40N2O4/c1-20(2)27(33)18-24-17-23(10-9-21(24)3)29(34)30-14-11-25(32)19-31-15-12-22(13-16-31)26-7-5-6-8-28(26)35-4/h5-10,17,20,22,25,32H,11-16,18-19H2,1-4H3,(H,30,34). The van der Waals surface area contributed by atoms with Gasteiger partial charge in [0.15, 0.2) is 0 Å². The molecule has 3 rings (SSSR count). The number of benzene rings is 2. The van der Waals surface area contributed by atoms with Gasteiger partial charge < -0.3 is 20.1 Å². The summed E-state index contributed by atoms with van der Waals surface area (Å²) < 4.78 is 5.52. The van der Waals surface area contributed by atoms with E-state index in [0.717, 1.165) is 42.8 Å². The molecule has 1 heterocycles. The molecule has 190 valence electrons. The minimum atomic E-state index is -0.490. The number of aliphatic hydroxyl groups is 1. The van der Waals surface area contributed by atoms with E-state index in [1.807, 2.05) is 45.0 Å². The molecule has 1 fully saturated rings. The number of β-amino-alcohol motifs (C(OH)–C–C–N with tert-alkyl or cyclic N) is 1. The Morgan fingerprint density at radius 1 is 1.14 bits per heavy atom. The highest BCUT2D eigenvalue weighted by Gasteiger charge is 2.24. The average molecular weight is 481 g/mol. The van der Waals surface area contributed by atoms with Gasteiger partial charge in [-0.25, -0.2) is 0 Å². The van der Waals surface area contributed by atoms with E-state index in [4.69, 9.17) is 4.74 Å². The van der Waals surface area contributed by atoms with Crippen LogP contribution in [0.15, 0.2) is 42.5 Å². The fourth-order valence-corrected chi connectivity index (χ4v) is 4.67. The van der Waals surface area contributed by atoms with Gasteiger partial charge in [-0.1, -0.05) is 38.1 Å². The summed E-state index contributed by atoms with van der Waals surface area (Å²) in [7, 11) is 1.72. The number of amides is 1. The number of carbonyl (C=O) groups excluding carboxylic acids is 2. The zero-order chi connectivity index (χ0) is 25.4. The van der Waals surface area contributed by atoms with E-state index in [1.54, 1.807) is 13.2 Å². The van der Waals surface area contributed by atoms with Gasteiger partial charge in [-0.3, -0.25) is 9.59 Å². The predicted octanol–water partition coefficient (Wildman–Crippen LogP) is 4.13. The highest BCUT2D eigenvalue weighted by Crippen LogP contribution is 2.34. The van der Waals surface area contributed by atoms with Gasteiger partial charge >= 0.3 is 0 Å². The van der Waals surface area contributed by atoms with Gasteiger partial charge in [0.1, 0.15) is 11.5 Å². The zero-order valence-corrected chi connectivity index (χ0v) is 21.5. The number of ketones is 1. The lowest BCUT2D eigenvalue weighted by Gasteiger charge is -2.33. The average Bonchev–Trinajstić information content (AvgIpc) is 2.85. The number of hydrogen-bond acceptors (Lipinski definition) is 5. The number of rotatable bonds is 11. The summed E-state index contributed by atoms with van der Waals surface area (Å²) in [6, 6.07) is 13.7. The van der Waals surface area contributed by atoms with Crippen LogP contribution in [0, 0.1) is 12.8 Å². The maximum Gasteiger partial charge on any atom is 0.251 e. The molecule has 0 aromatic heterocycles. The molecule has 1 atom stereocenters. The van der Waals surface area contributed by atoms with Crippen molar-refractivity contribution in [2.24, 2.45) is 5.92 Å². The van der Waals surface area contributed by atoms with Crippen LogP contribution in [-0.4, -0.2) is 61.1 Å². The van der Waals surface area contributed by atoms with Crippen molar-refractivity contribution in [3.05, 3.63) is 64.7 Å². The lowest BCUT2D eigenvalue weighted by Crippen LogP contribution is -2.39. The normalized spacial score (nSPS) is 15.7. The minimum absolute atomic E-state index is 0.0275. The molecule has 0 saturated carbocycles. The summed E-state index contributed by atoms with van der Waals surface area (Å²) >= 11 is 0. The van der Waals surface area contributed by atoms with Crippen molar-refractivity contribution < 1.29 is 19.4 Å². The summed E-state index contributed by atoms with van der Waals surface area (Å²) in [4.78, 5) is 27.1. The summed E-state index contributed by atoms with van der Waals surface area (Å²) in [5.41, 5.74) is 3.73. The smallest absolute Gasteiger partial charge is 0.251 e. The molecule has 35 heavy (non-hydrogen) atoms. The Balaban J connectivity index is 1.42. The Labute approximate surface area is 209 Å². The third-order valence-corrected chi connectivity index (χ3v) is 7.02. The molecular formula is C29H40N2O4. The summed E-state index contributed by atoms with van der Waals surface area (Å²) in [5, 5.41) is 13.4. The molecule has 0 bridgehead atoms. The number of aliphatic hydroxyl groups excluding tert-OH is 1. The van der Waals surface area contributed by atoms with Crippen LogP contribution in [-0.2, 0) is 11.2 Å². The quantitative estimate of drug-likeness (QED) is 0.506. The van der Waals surface area contributed by atoms with Gasteiger partial charge in [0.25, 0.3) is 5.91 Å². The van der Waals surface area contributed by atoms with Crippen LogP contribution in [0.5, 0.6) is 5.75 Å². The van der Waals surface area contributed by atoms with Crippen molar-refractivity contribution >= 4 is 11.7 Å². The fraction of sp³-hybridized carbons (Fsp3) is 0.517. The molecule has 0 aliphatic carbocycles. The van der Waals surface area contributed by atoms with E-state index >= 15 is 0 Å². The Kier molecular flexibility index (Phi) is 9.87. The van der Waals surface area contributed by atoms with Crippen LogP contribution in [0.1, 0.15) is 66.1 Å². The number of methoxy groups -OCH3 is 1. The lowest BCUT2D eigenvalue weighted by atomic mass is 9.88. The van der Waals surface area contributed by atoms with Gasteiger partial charge in [0.2, 0.25) is 0 Å². The summed E-state index contributed by atoms with van der Waals surface area (Å²) in [5.74, 6) is 1.40. The van der Waals surface area contributed by atoms with Crippen LogP contribution in [0.2, 0.25) is 0 Å². The summed E-state index contributed by atoms with van der Waals surface area (Å²) in [6.45, 7) is 8.64. The minimum Gasteiger partial charge on any atom is -0.496 e. The van der Waals surface area contributed by atoms with Crippen molar-refractivity contribution in [1.29, 1.82) is 0 Å². The zero-order valence-electron chi connectivity index (χ0n) is 21.5. The first-order valence-corrected chi connectivity index (χ1v) is 12.7. The highest BCUT2D eigenvalue weighted by atomic mass is 16.5. The number of ether oxygens (including phenoxy) is 1. The number of nitrogens with one attached hydrogen (secondary N) is 1. The van der Waals surface area contributed by atoms with Crippen LogP contribution in [0.25, 0.3) is 0 Å². The maximum absolute atomic E-state index is 12.6. The second-order valence-corrected chi connectivity index (χ2v) is 9.95. The molecule has 1 aliphatic rings. The number of hydrogen-bond donors (Lipinski definition) is 2. The van der Waals surface area contributed by atoms with Gasteiger partial charge in [-0.15, -0.1) is 0 Å². The van der Waals surface area contributed by atoms with E-state index in [-0.39, 0.29) is 17.6 Å². The number of aryl methyl sites for hydroxylation is 1. The van der Waals surface area contributed by atoms with Gasteiger partial charge in [0.05, 0.1) is 13.2 Å². The molecular weight excluding hydrogens is 440 g/mol. The van der Waals surface area contributed by atoms with Crippen LogP contribution < -0.4 is 10.1 Å². The topological polar surface area (TPSA) is 78.9 Å².